The lowest BCUT2D eigenvalue weighted by atomic mass is 10.1. The normalized spacial score (nSPS) is 14.2. The summed E-state index contributed by atoms with van der Waals surface area (Å²) in [5.74, 6) is 0. The van der Waals surface area contributed by atoms with Crippen molar-refractivity contribution in [2.75, 3.05) is 6.54 Å². The van der Waals surface area contributed by atoms with E-state index >= 15 is 0 Å². The van der Waals surface area contributed by atoms with Crippen LogP contribution in [0, 0.1) is 6.92 Å². The first-order valence-corrected chi connectivity index (χ1v) is 6.08. The fraction of sp³-hybridized carbons (Fsp3) is 0.727. The van der Waals surface area contributed by atoms with E-state index in [1.807, 2.05) is 20.0 Å². The van der Waals surface area contributed by atoms with Crippen LogP contribution in [0.15, 0.2) is 6.20 Å². The van der Waals surface area contributed by atoms with Crippen LogP contribution in [-0.2, 0) is 0 Å². The summed E-state index contributed by atoms with van der Waals surface area (Å²) < 4.78 is 0. The number of aryl methyl sites for hydroxylation is 1. The van der Waals surface area contributed by atoms with Crippen molar-refractivity contribution in [3.8, 4) is 0 Å². The zero-order valence-electron chi connectivity index (χ0n) is 9.87. The highest BCUT2D eigenvalue weighted by Gasteiger charge is 2.13. The number of nitrogens with zero attached hydrogens (tertiary/aromatic N) is 1. The molecule has 86 valence electrons. The Labute approximate surface area is 95.6 Å². The zero-order valence-corrected chi connectivity index (χ0v) is 10.7. The van der Waals surface area contributed by atoms with Crippen LogP contribution in [0.25, 0.3) is 0 Å². The average molecular weight is 228 g/mol. The molecule has 0 aliphatic carbocycles. The Kier molecular flexibility index (Phi) is 4.25. The van der Waals surface area contributed by atoms with E-state index in [0.717, 1.165) is 18.0 Å². The van der Waals surface area contributed by atoms with Gasteiger partial charge in [-0.25, -0.2) is 4.98 Å². The standard InChI is InChI=1S/C11H20N2OS/c1-8-7-13-10(15-8)9(2)12-6-5-11(3,4)14/h7,9,12,14H,5-6H2,1-4H3. The molecule has 2 N–H and O–H groups in total. The summed E-state index contributed by atoms with van der Waals surface area (Å²) in [7, 11) is 0. The molecule has 0 radical (unpaired) electrons. The lowest BCUT2D eigenvalue weighted by Crippen LogP contribution is -2.28. The number of aliphatic hydroxyl groups is 1. The Hall–Kier alpha value is -0.450. The lowest BCUT2D eigenvalue weighted by Gasteiger charge is -2.18. The van der Waals surface area contributed by atoms with Gasteiger partial charge < -0.3 is 10.4 Å². The van der Waals surface area contributed by atoms with Gasteiger partial charge in [0.2, 0.25) is 0 Å². The van der Waals surface area contributed by atoms with Crippen molar-refractivity contribution in [3.63, 3.8) is 0 Å². The van der Waals surface area contributed by atoms with Crippen molar-refractivity contribution in [3.05, 3.63) is 16.1 Å². The predicted octanol–water partition coefficient (Wildman–Crippen LogP) is 2.26. The molecule has 1 unspecified atom stereocenters. The van der Waals surface area contributed by atoms with Crippen molar-refractivity contribution < 1.29 is 5.11 Å². The lowest BCUT2D eigenvalue weighted by molar-refractivity contribution is 0.0705. The van der Waals surface area contributed by atoms with Crippen LogP contribution in [0.2, 0.25) is 0 Å². The van der Waals surface area contributed by atoms with Crippen molar-refractivity contribution >= 4 is 11.3 Å². The molecule has 3 nitrogen and oxygen atoms in total. The molecule has 0 fully saturated rings. The number of aromatic nitrogens is 1. The van der Waals surface area contributed by atoms with Crippen molar-refractivity contribution in [1.82, 2.24) is 10.3 Å². The highest BCUT2D eigenvalue weighted by atomic mass is 32.1. The molecule has 15 heavy (non-hydrogen) atoms. The summed E-state index contributed by atoms with van der Waals surface area (Å²) in [5.41, 5.74) is -0.592. The first-order valence-electron chi connectivity index (χ1n) is 5.26. The van der Waals surface area contributed by atoms with Gasteiger partial charge in [-0.3, -0.25) is 0 Å². The Morgan fingerprint density at radius 3 is 2.73 bits per heavy atom. The molecule has 0 aliphatic rings. The second-order valence-corrected chi connectivity index (χ2v) is 5.81. The number of rotatable bonds is 5. The van der Waals surface area contributed by atoms with Crippen LogP contribution in [0.5, 0.6) is 0 Å². The second kappa shape index (κ2) is 5.05. The van der Waals surface area contributed by atoms with Crippen LogP contribution in [0.3, 0.4) is 0 Å². The quantitative estimate of drug-likeness (QED) is 0.812. The Morgan fingerprint density at radius 1 is 1.60 bits per heavy atom. The summed E-state index contributed by atoms with van der Waals surface area (Å²) in [5, 5.41) is 14.0. The molecular weight excluding hydrogens is 208 g/mol. The zero-order chi connectivity index (χ0) is 11.5. The van der Waals surface area contributed by atoms with Crippen molar-refractivity contribution in [1.29, 1.82) is 0 Å². The van der Waals surface area contributed by atoms with Crippen LogP contribution >= 0.6 is 11.3 Å². The van der Waals surface area contributed by atoms with E-state index in [9.17, 15) is 5.11 Å². The summed E-state index contributed by atoms with van der Waals surface area (Å²) in [6.45, 7) is 8.62. The molecule has 0 spiro atoms. The maximum absolute atomic E-state index is 9.55. The van der Waals surface area contributed by atoms with E-state index in [-0.39, 0.29) is 6.04 Å². The molecule has 1 aromatic rings. The fourth-order valence-corrected chi connectivity index (χ4v) is 2.06. The highest BCUT2D eigenvalue weighted by Crippen LogP contribution is 2.19. The third kappa shape index (κ3) is 4.73. The molecule has 1 atom stereocenters. The minimum Gasteiger partial charge on any atom is -0.390 e. The van der Waals surface area contributed by atoms with Gasteiger partial charge in [0.05, 0.1) is 11.6 Å². The topological polar surface area (TPSA) is 45.2 Å². The highest BCUT2D eigenvalue weighted by molar-refractivity contribution is 7.11. The molecule has 0 amide bonds. The van der Waals surface area contributed by atoms with Gasteiger partial charge in [0, 0.05) is 11.1 Å². The van der Waals surface area contributed by atoms with Gasteiger partial charge in [0.25, 0.3) is 0 Å². The summed E-state index contributed by atoms with van der Waals surface area (Å²) >= 11 is 1.72. The third-order valence-electron chi connectivity index (χ3n) is 2.20. The number of hydrogen-bond donors (Lipinski definition) is 2. The minimum absolute atomic E-state index is 0.269. The van der Waals surface area contributed by atoms with Gasteiger partial charge in [-0.05, 0) is 40.7 Å². The number of hydrogen-bond acceptors (Lipinski definition) is 4. The molecule has 1 rings (SSSR count). The second-order valence-electron chi connectivity index (χ2n) is 4.55. The first-order chi connectivity index (χ1) is 6.88. The van der Waals surface area contributed by atoms with Crippen LogP contribution in [0.4, 0.5) is 0 Å². The van der Waals surface area contributed by atoms with Crippen LogP contribution in [0.1, 0.15) is 43.1 Å². The van der Waals surface area contributed by atoms with Crippen molar-refractivity contribution in [2.45, 2.75) is 45.8 Å². The van der Waals surface area contributed by atoms with E-state index in [0.29, 0.717) is 0 Å². The number of thiazole rings is 1. The Balaban J connectivity index is 2.34. The van der Waals surface area contributed by atoms with E-state index in [2.05, 4.69) is 24.1 Å². The van der Waals surface area contributed by atoms with Gasteiger partial charge in [-0.15, -0.1) is 11.3 Å². The Morgan fingerprint density at radius 2 is 2.27 bits per heavy atom. The molecule has 1 heterocycles. The summed E-state index contributed by atoms with van der Waals surface area (Å²) in [4.78, 5) is 5.56. The smallest absolute Gasteiger partial charge is 0.109 e. The van der Waals surface area contributed by atoms with Gasteiger partial charge >= 0.3 is 0 Å². The molecule has 0 aliphatic heterocycles. The first kappa shape index (κ1) is 12.6. The molecule has 0 saturated heterocycles. The van der Waals surface area contributed by atoms with Crippen molar-refractivity contribution in [2.24, 2.45) is 0 Å². The van der Waals surface area contributed by atoms with E-state index in [1.54, 1.807) is 11.3 Å². The predicted molar refractivity (Wildman–Crippen MR) is 64.2 cm³/mol. The third-order valence-corrected chi connectivity index (χ3v) is 3.29. The average Bonchev–Trinajstić information content (AvgIpc) is 2.49. The van der Waals surface area contributed by atoms with E-state index < -0.39 is 5.60 Å². The maximum Gasteiger partial charge on any atom is 0.109 e. The van der Waals surface area contributed by atoms with E-state index in [1.165, 1.54) is 4.88 Å². The minimum atomic E-state index is -0.592. The van der Waals surface area contributed by atoms with Crippen LogP contribution < -0.4 is 5.32 Å². The molecule has 0 aromatic carbocycles. The van der Waals surface area contributed by atoms with E-state index in [4.69, 9.17) is 0 Å². The monoisotopic (exact) mass is 228 g/mol. The fourth-order valence-electron chi connectivity index (χ4n) is 1.25. The van der Waals surface area contributed by atoms with Gasteiger partial charge in [-0.1, -0.05) is 0 Å². The Bertz CT molecular complexity index is 304. The number of nitrogens with one attached hydrogen (secondary N) is 1. The SMILES string of the molecule is Cc1cnc(C(C)NCCC(C)(C)O)s1. The molecule has 1 aromatic heterocycles. The molecular formula is C11H20N2OS. The van der Waals surface area contributed by atoms with Gasteiger partial charge in [0.15, 0.2) is 0 Å². The molecule has 0 bridgehead atoms. The summed E-state index contributed by atoms with van der Waals surface area (Å²) in [6.07, 6.45) is 2.65. The van der Waals surface area contributed by atoms with Crippen LogP contribution in [-0.4, -0.2) is 22.2 Å². The maximum atomic E-state index is 9.55. The van der Waals surface area contributed by atoms with Gasteiger partial charge in [0.1, 0.15) is 5.01 Å². The summed E-state index contributed by atoms with van der Waals surface area (Å²) in [6, 6.07) is 0.269. The molecule has 4 heteroatoms. The van der Waals surface area contributed by atoms with Gasteiger partial charge in [-0.2, -0.15) is 0 Å². The molecule has 0 saturated carbocycles. The largest absolute Gasteiger partial charge is 0.390 e.